The van der Waals surface area contributed by atoms with Crippen molar-refractivity contribution >= 4 is 16.2 Å². The molecule has 0 aliphatic carbocycles. The van der Waals surface area contributed by atoms with Crippen molar-refractivity contribution in [2.75, 3.05) is 40.4 Å². The molecule has 0 fully saturated rings. The average Bonchev–Trinajstić information content (AvgIpc) is 2.50. The highest BCUT2D eigenvalue weighted by atomic mass is 32.3. The lowest BCUT2D eigenvalue weighted by Crippen LogP contribution is -2.29. The minimum atomic E-state index is -4.41. The Labute approximate surface area is 95.9 Å². The lowest BCUT2D eigenvalue weighted by atomic mass is 10.5. The molecule has 96 valence electrons. The molecule has 7 nitrogen and oxygen atoms in total. The van der Waals surface area contributed by atoms with Gasteiger partial charge in [0, 0.05) is 6.92 Å². The number of likely N-dealkylation sites (N-methyl/N-ethyl adjacent to an activating group) is 1. The Morgan fingerprint density at radius 3 is 2.38 bits per heavy atom. The molecular weight excluding hydrogens is 236 g/mol. The molecule has 0 saturated carbocycles. The predicted molar refractivity (Wildman–Crippen MR) is 57.1 cm³/mol. The van der Waals surface area contributed by atoms with E-state index in [0.717, 1.165) is 26.7 Å². The van der Waals surface area contributed by atoms with Crippen LogP contribution in [0.25, 0.3) is 0 Å². The Morgan fingerprint density at radius 1 is 1.62 bits per heavy atom. The lowest BCUT2D eigenvalue weighted by molar-refractivity contribution is -0.487. The SMILES string of the molecule is CC1=[N+](C)CCN1CCO.COS(=O)(=O)[O-]. The molecule has 0 unspecified atom stereocenters. The summed E-state index contributed by atoms with van der Waals surface area (Å²) in [7, 11) is -1.53. The molecule has 1 heterocycles. The van der Waals surface area contributed by atoms with Gasteiger partial charge in [0.05, 0.1) is 20.8 Å². The van der Waals surface area contributed by atoms with Crippen molar-refractivity contribution in [3.05, 3.63) is 0 Å². The summed E-state index contributed by atoms with van der Waals surface area (Å²) in [5, 5.41) is 8.66. The van der Waals surface area contributed by atoms with Gasteiger partial charge in [0.25, 0.3) is 0 Å². The standard InChI is InChI=1S/C7H15N2O.CH4O4S/c1-7-8(2)3-4-9(7)5-6-10;1-5-6(2,3)4/h10H,3-6H2,1-2H3;1H3,(H,2,3,4)/q+1;/p-1. The van der Waals surface area contributed by atoms with Crippen LogP contribution in [0.5, 0.6) is 0 Å². The van der Waals surface area contributed by atoms with Crippen molar-refractivity contribution in [2.24, 2.45) is 0 Å². The van der Waals surface area contributed by atoms with Crippen molar-refractivity contribution in [1.29, 1.82) is 0 Å². The molecule has 0 saturated heterocycles. The largest absolute Gasteiger partial charge is 0.726 e. The Kier molecular flexibility index (Phi) is 6.49. The van der Waals surface area contributed by atoms with E-state index in [1.807, 2.05) is 0 Å². The van der Waals surface area contributed by atoms with Gasteiger partial charge in [0.2, 0.25) is 16.2 Å². The fraction of sp³-hybridized carbons (Fsp3) is 0.875. The molecular formula is C8H18N2O5S. The normalized spacial score (nSPS) is 16.2. The first-order chi connectivity index (χ1) is 7.31. The van der Waals surface area contributed by atoms with E-state index in [1.54, 1.807) is 0 Å². The number of hydrogen-bond donors (Lipinski definition) is 1. The smallest absolute Gasteiger partial charge is 0.243 e. The second kappa shape index (κ2) is 6.79. The maximum atomic E-state index is 9.22. The third-order valence-electron chi connectivity index (χ3n) is 2.29. The van der Waals surface area contributed by atoms with Gasteiger partial charge in [-0.15, -0.1) is 0 Å². The molecule has 8 heteroatoms. The third kappa shape index (κ3) is 6.01. The van der Waals surface area contributed by atoms with Crippen molar-refractivity contribution in [3.8, 4) is 0 Å². The van der Waals surface area contributed by atoms with Crippen LogP contribution in [0.3, 0.4) is 0 Å². The van der Waals surface area contributed by atoms with Gasteiger partial charge in [0.1, 0.15) is 19.6 Å². The molecule has 0 aromatic rings. The summed E-state index contributed by atoms with van der Waals surface area (Å²) in [6, 6.07) is 0. The number of aliphatic hydroxyl groups excluding tert-OH is 1. The highest BCUT2D eigenvalue weighted by Crippen LogP contribution is 1.97. The molecule has 0 spiro atoms. The Morgan fingerprint density at radius 2 is 2.12 bits per heavy atom. The van der Waals surface area contributed by atoms with Gasteiger partial charge in [-0.1, -0.05) is 0 Å². The molecule has 0 amide bonds. The molecule has 16 heavy (non-hydrogen) atoms. The molecule has 0 bridgehead atoms. The van der Waals surface area contributed by atoms with Crippen LogP contribution in [0.4, 0.5) is 0 Å². The lowest BCUT2D eigenvalue weighted by Gasteiger charge is -2.07. The highest BCUT2D eigenvalue weighted by Gasteiger charge is 2.22. The van der Waals surface area contributed by atoms with Crippen LogP contribution in [0, 0.1) is 0 Å². The van der Waals surface area contributed by atoms with Crippen LogP contribution in [0.15, 0.2) is 0 Å². The first-order valence-corrected chi connectivity index (χ1v) is 6.07. The number of rotatable bonds is 3. The third-order valence-corrected chi connectivity index (χ3v) is 2.70. The zero-order chi connectivity index (χ0) is 12.8. The number of β-amino-alcohol motifs (C(OH)–C–C–N with tert-alkyl or cyclic N) is 1. The Hall–Kier alpha value is -0.700. The van der Waals surface area contributed by atoms with E-state index in [9.17, 15) is 13.0 Å². The molecule has 0 aromatic heterocycles. The van der Waals surface area contributed by atoms with E-state index in [0.29, 0.717) is 0 Å². The summed E-state index contributed by atoms with van der Waals surface area (Å²) >= 11 is 0. The molecule has 1 aliphatic rings. The van der Waals surface area contributed by atoms with E-state index in [-0.39, 0.29) is 6.61 Å². The second-order valence-electron chi connectivity index (χ2n) is 3.25. The Balaban J connectivity index is 0.000000325. The molecule has 1 N–H and O–H groups in total. The number of hydrogen-bond acceptors (Lipinski definition) is 6. The van der Waals surface area contributed by atoms with Crippen LogP contribution in [-0.2, 0) is 14.6 Å². The van der Waals surface area contributed by atoms with Crippen LogP contribution in [0.2, 0.25) is 0 Å². The van der Waals surface area contributed by atoms with E-state index < -0.39 is 10.4 Å². The molecule has 1 aliphatic heterocycles. The fourth-order valence-corrected chi connectivity index (χ4v) is 1.23. The minimum Gasteiger partial charge on any atom is -0.726 e. The zero-order valence-corrected chi connectivity index (χ0v) is 10.5. The maximum Gasteiger partial charge on any atom is 0.243 e. The van der Waals surface area contributed by atoms with Crippen LogP contribution in [-0.4, -0.2) is 73.8 Å². The molecule has 0 radical (unpaired) electrons. The van der Waals surface area contributed by atoms with E-state index in [4.69, 9.17) is 5.11 Å². The molecule has 0 aromatic carbocycles. The summed E-state index contributed by atoms with van der Waals surface area (Å²) in [5.41, 5.74) is 0. The summed E-state index contributed by atoms with van der Waals surface area (Å²) in [5.74, 6) is 1.27. The monoisotopic (exact) mass is 254 g/mol. The van der Waals surface area contributed by atoms with E-state index in [2.05, 4.69) is 27.6 Å². The van der Waals surface area contributed by atoms with Crippen LogP contribution in [0.1, 0.15) is 6.92 Å². The van der Waals surface area contributed by atoms with Crippen molar-refractivity contribution in [2.45, 2.75) is 6.92 Å². The van der Waals surface area contributed by atoms with Gasteiger partial charge in [0.15, 0.2) is 0 Å². The minimum absolute atomic E-state index is 0.255. The number of nitrogens with zero attached hydrogens (tertiary/aromatic N) is 2. The van der Waals surface area contributed by atoms with E-state index >= 15 is 0 Å². The fourth-order valence-electron chi connectivity index (χ4n) is 1.23. The van der Waals surface area contributed by atoms with Gasteiger partial charge in [-0.2, -0.15) is 0 Å². The Bertz CT molecular complexity index is 338. The van der Waals surface area contributed by atoms with Crippen molar-refractivity contribution in [3.63, 3.8) is 0 Å². The first-order valence-electron chi connectivity index (χ1n) is 4.73. The topological polar surface area (TPSA) is 92.9 Å². The summed E-state index contributed by atoms with van der Waals surface area (Å²) in [4.78, 5) is 2.19. The summed E-state index contributed by atoms with van der Waals surface area (Å²) < 4.78 is 33.2. The zero-order valence-electron chi connectivity index (χ0n) is 9.71. The number of aliphatic hydroxyl groups is 1. The molecule has 0 atom stereocenters. The quantitative estimate of drug-likeness (QED) is 0.372. The van der Waals surface area contributed by atoms with Crippen LogP contribution >= 0.6 is 0 Å². The van der Waals surface area contributed by atoms with E-state index in [1.165, 1.54) is 5.84 Å². The molecule has 1 rings (SSSR count). The van der Waals surface area contributed by atoms with Gasteiger partial charge < -0.3 is 9.66 Å². The van der Waals surface area contributed by atoms with Crippen molar-refractivity contribution < 1.29 is 26.8 Å². The van der Waals surface area contributed by atoms with Crippen molar-refractivity contribution in [1.82, 2.24) is 4.90 Å². The average molecular weight is 254 g/mol. The van der Waals surface area contributed by atoms with Gasteiger partial charge in [-0.3, -0.25) is 13.7 Å². The summed E-state index contributed by atoms with van der Waals surface area (Å²) in [6.45, 7) is 5.26. The van der Waals surface area contributed by atoms with Gasteiger partial charge in [-0.05, 0) is 0 Å². The number of amidine groups is 1. The van der Waals surface area contributed by atoms with Crippen LogP contribution < -0.4 is 0 Å². The first kappa shape index (κ1) is 15.3. The highest BCUT2D eigenvalue weighted by molar-refractivity contribution is 7.80. The van der Waals surface area contributed by atoms with Gasteiger partial charge in [-0.25, -0.2) is 8.42 Å². The van der Waals surface area contributed by atoms with Gasteiger partial charge >= 0.3 is 0 Å². The predicted octanol–water partition coefficient (Wildman–Crippen LogP) is -1.55. The summed E-state index contributed by atoms with van der Waals surface area (Å²) in [6.07, 6.45) is 0. The second-order valence-corrected chi connectivity index (χ2v) is 4.40. The maximum absolute atomic E-state index is 9.22.